The fourth-order valence-electron chi connectivity index (χ4n) is 5.36. The Labute approximate surface area is 274 Å². The number of rotatable bonds is 12. The largest absolute Gasteiger partial charge is 0.495 e. The van der Waals surface area contributed by atoms with Crippen molar-refractivity contribution in [1.82, 2.24) is 10.2 Å². The Balaban J connectivity index is 1.75. The van der Waals surface area contributed by atoms with Crippen LogP contribution in [0.15, 0.2) is 66.7 Å². The normalized spacial score (nSPS) is 14.5. The molecule has 0 bridgehead atoms. The van der Waals surface area contributed by atoms with Crippen molar-refractivity contribution < 1.29 is 22.7 Å². The van der Waals surface area contributed by atoms with Crippen LogP contribution in [0.1, 0.15) is 43.2 Å². The minimum atomic E-state index is -3.95. The Morgan fingerprint density at radius 2 is 1.66 bits per heavy atom. The summed E-state index contributed by atoms with van der Waals surface area (Å²) in [6.07, 6.45) is 6.10. The van der Waals surface area contributed by atoms with E-state index in [0.29, 0.717) is 21.4 Å². The molecule has 3 aromatic carbocycles. The summed E-state index contributed by atoms with van der Waals surface area (Å²) in [6, 6.07) is 17.8. The van der Waals surface area contributed by atoms with Crippen molar-refractivity contribution in [3.63, 3.8) is 0 Å². The van der Waals surface area contributed by atoms with E-state index in [2.05, 4.69) is 5.32 Å². The highest BCUT2D eigenvalue weighted by Crippen LogP contribution is 2.31. The Bertz CT molecular complexity index is 1570. The summed E-state index contributed by atoms with van der Waals surface area (Å²) >= 11 is 19.0. The van der Waals surface area contributed by atoms with Gasteiger partial charge in [-0.05, 0) is 54.3 Å². The molecular weight excluding hydrogens is 645 g/mol. The van der Waals surface area contributed by atoms with Gasteiger partial charge in [-0.2, -0.15) is 0 Å². The molecule has 0 spiro atoms. The molecule has 0 radical (unpaired) electrons. The predicted molar refractivity (Wildman–Crippen MR) is 176 cm³/mol. The van der Waals surface area contributed by atoms with Crippen molar-refractivity contribution in [3.05, 3.63) is 92.9 Å². The van der Waals surface area contributed by atoms with Crippen molar-refractivity contribution in [2.45, 2.75) is 57.2 Å². The Kier molecular flexibility index (Phi) is 11.8. The zero-order valence-electron chi connectivity index (χ0n) is 24.6. The molecular formula is C32H36Cl3N3O5S. The predicted octanol–water partition coefficient (Wildman–Crippen LogP) is 6.51. The molecule has 1 atom stereocenters. The number of hydrogen-bond donors (Lipinski definition) is 1. The van der Waals surface area contributed by atoms with E-state index in [1.807, 2.05) is 30.3 Å². The average Bonchev–Trinajstić information content (AvgIpc) is 2.99. The van der Waals surface area contributed by atoms with Crippen LogP contribution in [0.2, 0.25) is 15.1 Å². The minimum absolute atomic E-state index is 0.000413. The summed E-state index contributed by atoms with van der Waals surface area (Å²) in [5, 5.41) is 4.10. The molecule has 0 heterocycles. The van der Waals surface area contributed by atoms with Crippen LogP contribution in [0.3, 0.4) is 0 Å². The highest BCUT2D eigenvalue weighted by Gasteiger charge is 2.34. The van der Waals surface area contributed by atoms with Crippen molar-refractivity contribution >= 4 is 62.3 Å². The molecule has 1 saturated carbocycles. The maximum Gasteiger partial charge on any atom is 0.244 e. The zero-order valence-corrected chi connectivity index (χ0v) is 27.7. The second-order valence-corrected chi connectivity index (χ2v) is 14.1. The summed E-state index contributed by atoms with van der Waals surface area (Å²) in [4.78, 5) is 29.7. The highest BCUT2D eigenvalue weighted by atomic mass is 35.5. The number of ether oxygens (including phenoxy) is 1. The van der Waals surface area contributed by atoms with Gasteiger partial charge in [0.2, 0.25) is 21.8 Å². The molecule has 0 aliphatic heterocycles. The number of hydrogen-bond acceptors (Lipinski definition) is 5. The fourth-order valence-corrected chi connectivity index (χ4v) is 6.92. The van der Waals surface area contributed by atoms with Gasteiger partial charge in [-0.25, -0.2) is 8.42 Å². The number of anilines is 1. The molecule has 4 rings (SSSR count). The molecule has 44 heavy (non-hydrogen) atoms. The lowest BCUT2D eigenvalue weighted by Gasteiger charge is -2.35. The molecule has 2 amide bonds. The number of carbonyl (C=O) groups excluding carboxylic acids is 2. The van der Waals surface area contributed by atoms with E-state index in [1.165, 1.54) is 30.2 Å². The molecule has 1 fully saturated rings. The summed E-state index contributed by atoms with van der Waals surface area (Å²) in [6.45, 7) is -0.625. The summed E-state index contributed by atoms with van der Waals surface area (Å²) < 4.78 is 32.2. The lowest BCUT2D eigenvalue weighted by atomic mass is 9.94. The van der Waals surface area contributed by atoms with Gasteiger partial charge in [0.05, 0.1) is 24.1 Å². The monoisotopic (exact) mass is 679 g/mol. The van der Waals surface area contributed by atoms with Gasteiger partial charge in [-0.15, -0.1) is 0 Å². The smallest absolute Gasteiger partial charge is 0.244 e. The summed E-state index contributed by atoms with van der Waals surface area (Å²) in [5.41, 5.74) is 1.59. The molecule has 1 aliphatic carbocycles. The maximum absolute atomic E-state index is 14.3. The van der Waals surface area contributed by atoms with E-state index in [-0.39, 0.29) is 35.6 Å². The Hall–Kier alpha value is -2.98. The first-order chi connectivity index (χ1) is 21.0. The van der Waals surface area contributed by atoms with Gasteiger partial charge in [0, 0.05) is 29.1 Å². The number of amides is 2. The van der Waals surface area contributed by atoms with Crippen LogP contribution in [0, 0.1) is 0 Å². The van der Waals surface area contributed by atoms with E-state index in [0.717, 1.165) is 48.2 Å². The van der Waals surface area contributed by atoms with Crippen LogP contribution in [-0.2, 0) is 32.6 Å². The number of nitrogens with one attached hydrogen (secondary N) is 1. The number of halogens is 3. The first-order valence-electron chi connectivity index (χ1n) is 14.3. The van der Waals surface area contributed by atoms with Crippen LogP contribution in [0.5, 0.6) is 5.75 Å². The summed E-state index contributed by atoms with van der Waals surface area (Å²) in [5.74, 6) is -0.540. The van der Waals surface area contributed by atoms with Gasteiger partial charge >= 0.3 is 0 Å². The second kappa shape index (κ2) is 15.3. The van der Waals surface area contributed by atoms with E-state index >= 15 is 0 Å². The zero-order chi connectivity index (χ0) is 31.9. The van der Waals surface area contributed by atoms with Gasteiger partial charge in [0.1, 0.15) is 18.3 Å². The number of sulfonamides is 1. The lowest BCUT2D eigenvalue weighted by molar-refractivity contribution is -0.140. The van der Waals surface area contributed by atoms with Crippen molar-refractivity contribution in [2.75, 3.05) is 24.2 Å². The fraction of sp³-hybridized carbons (Fsp3) is 0.375. The number of carbonyl (C=O) groups is 2. The third kappa shape index (κ3) is 9.03. The Morgan fingerprint density at radius 1 is 0.955 bits per heavy atom. The molecule has 1 aliphatic rings. The quantitative estimate of drug-likeness (QED) is 0.235. The highest BCUT2D eigenvalue weighted by molar-refractivity contribution is 7.92. The van der Waals surface area contributed by atoms with Crippen molar-refractivity contribution in [1.29, 1.82) is 0 Å². The molecule has 0 unspecified atom stereocenters. The molecule has 8 nitrogen and oxygen atoms in total. The molecule has 0 aromatic heterocycles. The van der Waals surface area contributed by atoms with E-state index < -0.39 is 28.5 Å². The standard InChI is InChI=1S/C32H36Cl3N3O5S/c1-43-30-16-15-26(19-28(30)35)38(44(2,41)42)21-31(39)37(20-23-13-14-24(33)18-27(23)34)29(17-22-9-5-3-6-10-22)32(40)36-25-11-7-4-8-12-25/h3,5-6,9-10,13-16,18-19,25,29H,4,7-8,11-12,17,20-21H2,1-2H3,(H,36,40)/t29-/m0/s1. The summed E-state index contributed by atoms with van der Waals surface area (Å²) in [7, 11) is -2.51. The minimum Gasteiger partial charge on any atom is -0.495 e. The van der Waals surface area contributed by atoms with E-state index in [1.54, 1.807) is 18.2 Å². The molecule has 236 valence electrons. The van der Waals surface area contributed by atoms with Gasteiger partial charge < -0.3 is 15.0 Å². The third-order valence-electron chi connectivity index (χ3n) is 7.68. The van der Waals surface area contributed by atoms with E-state index in [9.17, 15) is 18.0 Å². The van der Waals surface area contributed by atoms with Crippen LogP contribution < -0.4 is 14.4 Å². The van der Waals surface area contributed by atoms with Crippen LogP contribution >= 0.6 is 34.8 Å². The maximum atomic E-state index is 14.3. The van der Waals surface area contributed by atoms with Crippen LogP contribution in [0.4, 0.5) is 5.69 Å². The SMILES string of the molecule is COc1ccc(N(CC(=O)N(Cc2ccc(Cl)cc2Cl)[C@@H](Cc2ccccc2)C(=O)NC2CCCCC2)S(C)(=O)=O)cc1Cl. The Morgan fingerprint density at radius 3 is 2.27 bits per heavy atom. The van der Waals surface area contributed by atoms with Gasteiger partial charge in [-0.1, -0.05) is 90.5 Å². The van der Waals surface area contributed by atoms with Gasteiger partial charge in [0.25, 0.3) is 0 Å². The molecule has 3 aromatic rings. The topological polar surface area (TPSA) is 96.0 Å². The van der Waals surface area contributed by atoms with Crippen molar-refractivity contribution in [3.8, 4) is 5.75 Å². The number of benzene rings is 3. The molecule has 0 saturated heterocycles. The third-order valence-corrected chi connectivity index (χ3v) is 9.70. The average molecular weight is 681 g/mol. The first kappa shape index (κ1) is 33.9. The van der Waals surface area contributed by atoms with Crippen molar-refractivity contribution in [2.24, 2.45) is 0 Å². The lowest BCUT2D eigenvalue weighted by Crippen LogP contribution is -2.55. The molecule has 12 heteroatoms. The number of nitrogens with zero attached hydrogens (tertiary/aromatic N) is 2. The van der Waals surface area contributed by atoms with Crippen LogP contribution in [-0.4, -0.2) is 57.1 Å². The van der Waals surface area contributed by atoms with E-state index in [4.69, 9.17) is 39.5 Å². The molecule has 1 N–H and O–H groups in total. The van der Waals surface area contributed by atoms with Gasteiger partial charge in [0.15, 0.2) is 0 Å². The van der Waals surface area contributed by atoms with Crippen LogP contribution in [0.25, 0.3) is 0 Å². The van der Waals surface area contributed by atoms with Gasteiger partial charge in [-0.3, -0.25) is 13.9 Å². The number of methoxy groups -OCH3 is 1. The first-order valence-corrected chi connectivity index (χ1v) is 17.3. The second-order valence-electron chi connectivity index (χ2n) is 10.9.